The third kappa shape index (κ3) is 7.67. The molecule has 0 bridgehead atoms. The van der Waals surface area contributed by atoms with Gasteiger partial charge in [0, 0.05) is 16.2 Å². The normalized spacial score (nSPS) is 15.2. The first-order chi connectivity index (χ1) is 38.0. The highest BCUT2D eigenvalue weighted by molar-refractivity contribution is 5.94. The number of benzene rings is 10. The Bertz CT molecular complexity index is 3840. The van der Waals surface area contributed by atoms with Gasteiger partial charge in [-0.05, 0) is 242 Å². The van der Waals surface area contributed by atoms with Crippen LogP contribution >= 0.6 is 0 Å². The summed E-state index contributed by atoms with van der Waals surface area (Å²) >= 11 is 0. The SMILES string of the molecule is CCC1(CC)c2cc(-c3ccc4c(c3)C(CC)(CC)c3cc(-c5ccc6cc(C(C)(C)C)ccc6c5)ccc3-4)ccc2-c2ccc(-c3ccc4c(c3)C(CC)(CC)c3cc(-c5ccc6cc(C(C)(C)C)ccc6c5)ccc3-4)cc21. The van der Waals surface area contributed by atoms with E-state index >= 15 is 0 Å². The van der Waals surface area contributed by atoms with Gasteiger partial charge in [0.05, 0.1) is 0 Å². The van der Waals surface area contributed by atoms with Crippen molar-refractivity contribution >= 4 is 21.5 Å². The van der Waals surface area contributed by atoms with Crippen LogP contribution in [0.2, 0.25) is 0 Å². The second kappa shape index (κ2) is 18.4. The summed E-state index contributed by atoms with van der Waals surface area (Å²) in [5, 5.41) is 5.21. The van der Waals surface area contributed by atoms with Crippen molar-refractivity contribution in [2.75, 3.05) is 0 Å². The van der Waals surface area contributed by atoms with Crippen molar-refractivity contribution in [1.29, 1.82) is 0 Å². The topological polar surface area (TPSA) is 0 Å². The molecule has 10 aromatic rings. The van der Waals surface area contributed by atoms with Gasteiger partial charge in [-0.3, -0.25) is 0 Å². The highest BCUT2D eigenvalue weighted by Crippen LogP contribution is 2.58. The first-order valence-corrected chi connectivity index (χ1v) is 30.0. The maximum Gasteiger partial charge on any atom is 0.0210 e. The van der Waals surface area contributed by atoms with Crippen LogP contribution in [0.25, 0.3) is 99.4 Å². The Balaban J connectivity index is 0.818. The van der Waals surface area contributed by atoms with Crippen molar-refractivity contribution in [3.05, 3.63) is 226 Å². The summed E-state index contributed by atoms with van der Waals surface area (Å²) in [7, 11) is 0. The van der Waals surface area contributed by atoms with E-state index in [9.17, 15) is 0 Å². The molecule has 0 spiro atoms. The second-order valence-electron chi connectivity index (χ2n) is 26.0. The van der Waals surface area contributed by atoms with Crippen molar-refractivity contribution in [2.24, 2.45) is 0 Å². The number of fused-ring (bicyclic) bond motifs is 11. The van der Waals surface area contributed by atoms with Gasteiger partial charge in [-0.15, -0.1) is 0 Å². The molecule has 3 aliphatic rings. The van der Waals surface area contributed by atoms with E-state index in [0.29, 0.717) is 0 Å². The van der Waals surface area contributed by atoms with Crippen molar-refractivity contribution in [3.8, 4) is 77.9 Å². The lowest BCUT2D eigenvalue weighted by Gasteiger charge is -2.31. The molecule has 0 heteroatoms. The molecule has 79 heavy (non-hydrogen) atoms. The van der Waals surface area contributed by atoms with E-state index in [0.717, 1.165) is 38.5 Å². The van der Waals surface area contributed by atoms with Crippen LogP contribution in [0.3, 0.4) is 0 Å². The van der Waals surface area contributed by atoms with Crippen molar-refractivity contribution in [3.63, 3.8) is 0 Å². The van der Waals surface area contributed by atoms with E-state index < -0.39 is 0 Å². The first-order valence-electron chi connectivity index (χ1n) is 30.0. The smallest absolute Gasteiger partial charge is 0.0210 e. The average Bonchev–Trinajstić information content (AvgIpc) is 4.05. The Labute approximate surface area is 472 Å². The maximum atomic E-state index is 2.58. The number of hydrogen-bond donors (Lipinski definition) is 0. The highest BCUT2D eigenvalue weighted by atomic mass is 14.5. The zero-order chi connectivity index (χ0) is 55.0. The third-order valence-electron chi connectivity index (χ3n) is 20.4. The molecule has 0 radical (unpaired) electrons. The Morgan fingerprint density at radius 1 is 0.228 bits per heavy atom. The van der Waals surface area contributed by atoms with Crippen LogP contribution in [0.1, 0.15) is 166 Å². The molecule has 0 atom stereocenters. The lowest BCUT2D eigenvalue weighted by atomic mass is 9.72. The van der Waals surface area contributed by atoms with Gasteiger partial charge in [0.1, 0.15) is 0 Å². The molecular formula is C79H78. The minimum atomic E-state index is -0.0775. The minimum absolute atomic E-state index is 0.0541. The van der Waals surface area contributed by atoms with Gasteiger partial charge in [0.15, 0.2) is 0 Å². The summed E-state index contributed by atoms with van der Waals surface area (Å²) in [6.45, 7) is 28.2. The van der Waals surface area contributed by atoms with Crippen molar-refractivity contribution < 1.29 is 0 Å². The van der Waals surface area contributed by atoms with Gasteiger partial charge in [0.25, 0.3) is 0 Å². The number of rotatable bonds is 10. The van der Waals surface area contributed by atoms with E-state index in [1.54, 1.807) is 0 Å². The molecule has 0 amide bonds. The zero-order valence-electron chi connectivity index (χ0n) is 49.1. The predicted octanol–water partition coefficient (Wildman–Crippen LogP) is 22.5. The van der Waals surface area contributed by atoms with Gasteiger partial charge in [-0.25, -0.2) is 0 Å². The van der Waals surface area contributed by atoms with Crippen LogP contribution in [0, 0.1) is 0 Å². The fourth-order valence-electron chi connectivity index (χ4n) is 15.4. The van der Waals surface area contributed by atoms with Crippen LogP contribution in [0.5, 0.6) is 0 Å². The van der Waals surface area contributed by atoms with E-state index in [2.05, 4.69) is 265 Å². The first kappa shape index (κ1) is 51.2. The lowest BCUT2D eigenvalue weighted by molar-refractivity contribution is 0.490. The summed E-state index contributed by atoms with van der Waals surface area (Å²) < 4.78 is 0. The van der Waals surface area contributed by atoms with E-state index in [1.807, 2.05) is 0 Å². The lowest BCUT2D eigenvalue weighted by Crippen LogP contribution is -2.23. The van der Waals surface area contributed by atoms with Gasteiger partial charge in [-0.2, -0.15) is 0 Å². The summed E-state index contributed by atoms with van der Waals surface area (Å²) in [6.07, 6.45) is 6.33. The van der Waals surface area contributed by atoms with Gasteiger partial charge < -0.3 is 0 Å². The molecule has 0 heterocycles. The minimum Gasteiger partial charge on any atom is -0.0642 e. The Kier molecular flexibility index (Phi) is 11.9. The van der Waals surface area contributed by atoms with E-state index in [-0.39, 0.29) is 27.1 Å². The van der Waals surface area contributed by atoms with E-state index in [1.165, 1.54) is 144 Å². The molecule has 394 valence electrons. The fraction of sp³-hybridized carbons (Fsp3) is 0.291. The molecule has 0 saturated heterocycles. The van der Waals surface area contributed by atoms with Crippen LogP contribution in [-0.2, 0) is 27.1 Å². The van der Waals surface area contributed by atoms with Crippen LogP contribution < -0.4 is 0 Å². The van der Waals surface area contributed by atoms with Crippen LogP contribution in [0.4, 0.5) is 0 Å². The van der Waals surface area contributed by atoms with E-state index in [4.69, 9.17) is 0 Å². The van der Waals surface area contributed by atoms with Crippen LogP contribution in [0.15, 0.2) is 182 Å². The molecule has 3 aliphatic carbocycles. The molecule has 0 saturated carbocycles. The van der Waals surface area contributed by atoms with Gasteiger partial charge >= 0.3 is 0 Å². The van der Waals surface area contributed by atoms with Gasteiger partial charge in [-0.1, -0.05) is 217 Å². The molecule has 13 rings (SSSR count). The average molecular weight is 1030 g/mol. The summed E-state index contributed by atoms with van der Waals surface area (Å²) in [5.41, 5.74) is 30.5. The molecule has 0 aromatic heterocycles. The van der Waals surface area contributed by atoms with Crippen molar-refractivity contribution in [2.45, 2.75) is 149 Å². The molecule has 0 aliphatic heterocycles. The fourth-order valence-corrected chi connectivity index (χ4v) is 15.4. The Hall–Kier alpha value is -7.28. The van der Waals surface area contributed by atoms with Crippen LogP contribution in [-0.4, -0.2) is 0 Å². The largest absolute Gasteiger partial charge is 0.0642 e. The third-order valence-corrected chi connectivity index (χ3v) is 20.4. The zero-order valence-corrected chi connectivity index (χ0v) is 49.1. The van der Waals surface area contributed by atoms with Gasteiger partial charge in [0.2, 0.25) is 0 Å². The summed E-state index contributed by atoms with van der Waals surface area (Å²) in [5.74, 6) is 0. The molecule has 0 N–H and O–H groups in total. The second-order valence-corrected chi connectivity index (χ2v) is 26.0. The summed E-state index contributed by atoms with van der Waals surface area (Å²) in [6, 6.07) is 72.3. The molecule has 0 fully saturated rings. The molecule has 10 aromatic carbocycles. The Morgan fingerprint density at radius 2 is 0.418 bits per heavy atom. The number of hydrogen-bond acceptors (Lipinski definition) is 0. The highest BCUT2D eigenvalue weighted by Gasteiger charge is 2.44. The summed E-state index contributed by atoms with van der Waals surface area (Å²) in [4.78, 5) is 0. The maximum absolute atomic E-state index is 2.58. The Morgan fingerprint density at radius 3 is 0.633 bits per heavy atom. The van der Waals surface area contributed by atoms with Crippen molar-refractivity contribution in [1.82, 2.24) is 0 Å². The standard InChI is InChI=1S/C79H78/c1-13-77(14-2)69-43-55(49-19-21-53-41-61(75(7,8)9)31-23-51(53)39-49)25-33-63(69)65-35-27-57(45-71(65)77)59-29-37-67-68-38-30-60(48-74(68)79(17-5,18-6)73(67)47-59)58-28-36-66-64-34-26-56(44-70(64)78(15-3,16-4)72(66)46-58)50-20-22-54-42-62(76(10,11)12)32-24-52(54)40-50/h19-48H,13-18H2,1-12H3. The molecule has 0 unspecified atom stereocenters. The molecular weight excluding hydrogens is 949 g/mol. The molecule has 0 nitrogen and oxygen atoms in total. The monoisotopic (exact) mass is 1030 g/mol. The predicted molar refractivity (Wildman–Crippen MR) is 341 cm³/mol. The quantitative estimate of drug-likeness (QED) is 0.128.